The molecule has 0 amide bonds. The van der Waals surface area contributed by atoms with Gasteiger partial charge in [0.05, 0.1) is 56.5 Å². The highest BCUT2D eigenvalue weighted by atomic mass is 32.1. The van der Waals surface area contributed by atoms with Gasteiger partial charge < -0.3 is 9.13 Å². The Kier molecular flexibility index (Phi) is 8.99. The highest BCUT2D eigenvalue weighted by Crippen LogP contribution is 2.50. The minimum atomic E-state index is 0.547. The third-order valence-corrected chi connectivity index (χ3v) is 16.8. The zero-order chi connectivity index (χ0) is 47.4. The topological polar surface area (TPSA) is 59.4 Å². The van der Waals surface area contributed by atoms with Crippen LogP contribution in [0.1, 0.15) is 5.56 Å². The van der Waals surface area contributed by atoms with Gasteiger partial charge in [-0.25, -0.2) is 9.97 Å². The van der Waals surface area contributed by atoms with E-state index in [2.05, 4.69) is 215 Å². The van der Waals surface area contributed by atoms with Crippen molar-refractivity contribution in [3.05, 3.63) is 230 Å². The van der Waals surface area contributed by atoms with Gasteiger partial charge in [-0.05, 0) is 60.7 Å². The van der Waals surface area contributed by atoms with Crippen molar-refractivity contribution >= 4 is 107 Å². The first-order valence-corrected chi connectivity index (χ1v) is 25.7. The van der Waals surface area contributed by atoms with Gasteiger partial charge in [-0.1, -0.05) is 164 Å². The van der Waals surface area contributed by atoms with Crippen molar-refractivity contribution in [1.29, 1.82) is 5.26 Å². The Morgan fingerprint density at radius 1 is 0.375 bits per heavy atom. The standard InChI is InChI=1S/C65H37N5S2/c66-38-41-21-15-29-53(69-51-27-11-7-24-46(51)61-55(69)35-33-44-42-22-9-13-31-57(42)71-63(44)61)59(41)60-48(65-67-49(39-17-3-1-4-18-39)37-50(68-65)40-19-5-2-6-20-40)26-16-30-54(60)70-52-28-12-8-25-47(52)62-56(70)36-34-45-43-23-10-14-32-58(43)72-64(45)62/h1-37H. The number of hydrogen-bond acceptors (Lipinski definition) is 5. The molecule has 0 aliphatic carbocycles. The highest BCUT2D eigenvalue weighted by molar-refractivity contribution is 7.27. The molecule has 0 aliphatic heterocycles. The Morgan fingerprint density at radius 3 is 1.36 bits per heavy atom. The molecule has 0 atom stereocenters. The number of fused-ring (bicyclic) bond motifs is 14. The van der Waals surface area contributed by atoms with Gasteiger partial charge in [0.15, 0.2) is 5.82 Å². The Morgan fingerprint density at radius 2 is 0.833 bits per heavy atom. The van der Waals surface area contributed by atoms with E-state index in [1.165, 1.54) is 56.5 Å². The maximum absolute atomic E-state index is 11.6. The molecule has 72 heavy (non-hydrogen) atoms. The fraction of sp³-hybridized carbons (Fsp3) is 0. The molecule has 10 aromatic carbocycles. The number of nitrogens with zero attached hydrogens (tertiary/aromatic N) is 5. The predicted octanol–water partition coefficient (Wildman–Crippen LogP) is 17.9. The van der Waals surface area contributed by atoms with Crippen molar-refractivity contribution in [1.82, 2.24) is 19.1 Å². The molecule has 0 fully saturated rings. The Balaban J connectivity index is 1.11. The quantitative estimate of drug-likeness (QED) is 0.167. The lowest BCUT2D eigenvalue weighted by Crippen LogP contribution is -2.06. The van der Waals surface area contributed by atoms with Crippen molar-refractivity contribution in [2.75, 3.05) is 0 Å². The van der Waals surface area contributed by atoms with Crippen LogP contribution < -0.4 is 0 Å². The van der Waals surface area contributed by atoms with Crippen LogP contribution in [0, 0.1) is 11.3 Å². The van der Waals surface area contributed by atoms with Gasteiger partial charge >= 0.3 is 0 Å². The first-order valence-electron chi connectivity index (χ1n) is 24.0. The summed E-state index contributed by atoms with van der Waals surface area (Å²) in [4.78, 5) is 11.0. The molecular formula is C65H37N5S2. The van der Waals surface area contributed by atoms with Gasteiger partial charge in [-0.3, -0.25) is 0 Å². The Bertz CT molecular complexity index is 4700. The third-order valence-electron chi connectivity index (χ3n) is 14.4. The SMILES string of the molecule is N#Cc1cccc(-n2c3ccccc3c3c4sc5ccccc5c4ccc32)c1-c1c(-c2nc(-c3ccccc3)cc(-c3ccccc3)n2)cccc1-n1c2ccccc2c2c3sc4ccccc4c3ccc21. The van der Waals surface area contributed by atoms with Crippen LogP contribution in [0.2, 0.25) is 0 Å². The molecule has 0 spiro atoms. The molecule has 334 valence electrons. The van der Waals surface area contributed by atoms with Crippen LogP contribution in [0.15, 0.2) is 224 Å². The molecular weight excluding hydrogens is 915 g/mol. The summed E-state index contributed by atoms with van der Waals surface area (Å²) in [5.41, 5.74) is 12.7. The molecule has 15 rings (SSSR count). The monoisotopic (exact) mass is 951 g/mol. The van der Waals surface area contributed by atoms with E-state index in [-0.39, 0.29) is 0 Å². The van der Waals surface area contributed by atoms with E-state index in [9.17, 15) is 5.26 Å². The molecule has 7 heteroatoms. The van der Waals surface area contributed by atoms with Crippen LogP contribution in [-0.2, 0) is 0 Å². The number of benzene rings is 10. The van der Waals surface area contributed by atoms with E-state index < -0.39 is 0 Å². The Labute approximate surface area is 421 Å². The van der Waals surface area contributed by atoms with Crippen LogP contribution >= 0.6 is 22.7 Å². The number of rotatable bonds is 6. The number of hydrogen-bond donors (Lipinski definition) is 0. The second-order valence-electron chi connectivity index (χ2n) is 18.3. The van der Waals surface area contributed by atoms with E-state index in [1.807, 2.05) is 46.9 Å². The van der Waals surface area contributed by atoms with Crippen molar-refractivity contribution in [2.45, 2.75) is 0 Å². The normalized spacial score (nSPS) is 11.9. The van der Waals surface area contributed by atoms with E-state index in [0.717, 1.165) is 78.0 Å². The van der Waals surface area contributed by atoms with E-state index in [1.54, 1.807) is 0 Å². The highest BCUT2D eigenvalue weighted by Gasteiger charge is 2.28. The van der Waals surface area contributed by atoms with Crippen LogP contribution in [0.25, 0.3) is 140 Å². The summed E-state index contributed by atoms with van der Waals surface area (Å²) in [6.07, 6.45) is 0. The summed E-state index contributed by atoms with van der Waals surface area (Å²) >= 11 is 3.69. The Hall–Kier alpha value is -9.19. The third kappa shape index (κ3) is 5.97. The number of thiophene rings is 2. The number of para-hydroxylation sites is 2. The lowest BCUT2D eigenvalue weighted by Gasteiger charge is -2.22. The summed E-state index contributed by atoms with van der Waals surface area (Å²) in [5, 5.41) is 21.3. The molecule has 0 aliphatic rings. The molecule has 5 heterocycles. The molecule has 0 bridgehead atoms. The van der Waals surface area contributed by atoms with Gasteiger partial charge in [0.25, 0.3) is 0 Å². The van der Waals surface area contributed by atoms with E-state index in [0.29, 0.717) is 11.4 Å². The smallest absolute Gasteiger partial charge is 0.161 e. The molecule has 5 nitrogen and oxygen atoms in total. The molecule has 0 saturated heterocycles. The fourth-order valence-electron chi connectivity index (χ4n) is 11.3. The van der Waals surface area contributed by atoms with Crippen molar-refractivity contribution in [3.8, 4) is 62.5 Å². The second kappa shape index (κ2) is 15.9. The van der Waals surface area contributed by atoms with E-state index in [4.69, 9.17) is 9.97 Å². The summed E-state index contributed by atoms with van der Waals surface area (Å²) in [6, 6.07) is 82.1. The molecule has 0 unspecified atom stereocenters. The summed E-state index contributed by atoms with van der Waals surface area (Å²) in [5.74, 6) is 0.563. The minimum Gasteiger partial charge on any atom is -0.309 e. The first-order chi connectivity index (χ1) is 35.7. The maximum Gasteiger partial charge on any atom is 0.161 e. The average molecular weight is 952 g/mol. The van der Waals surface area contributed by atoms with Gasteiger partial charge in [0.1, 0.15) is 0 Å². The van der Waals surface area contributed by atoms with Crippen LogP contribution in [0.4, 0.5) is 0 Å². The van der Waals surface area contributed by atoms with Crippen LogP contribution in [0.5, 0.6) is 0 Å². The van der Waals surface area contributed by atoms with Crippen molar-refractivity contribution in [2.24, 2.45) is 0 Å². The fourth-order valence-corrected chi connectivity index (χ4v) is 13.8. The zero-order valence-corrected chi connectivity index (χ0v) is 40.0. The van der Waals surface area contributed by atoms with Gasteiger partial charge in [-0.2, -0.15) is 5.26 Å². The van der Waals surface area contributed by atoms with Crippen LogP contribution in [-0.4, -0.2) is 19.1 Å². The first kappa shape index (κ1) is 40.7. The maximum atomic E-state index is 11.6. The van der Waals surface area contributed by atoms with E-state index >= 15 is 0 Å². The van der Waals surface area contributed by atoms with Crippen LogP contribution in [0.3, 0.4) is 0 Å². The lowest BCUT2D eigenvalue weighted by molar-refractivity contribution is 1.14. The van der Waals surface area contributed by atoms with Gasteiger partial charge in [0, 0.05) is 89.7 Å². The average Bonchev–Trinajstić information content (AvgIpc) is 4.21. The molecule has 0 saturated carbocycles. The zero-order valence-electron chi connectivity index (χ0n) is 38.4. The lowest BCUT2D eigenvalue weighted by atomic mass is 9.91. The summed E-state index contributed by atoms with van der Waals surface area (Å²) in [7, 11) is 0. The van der Waals surface area contributed by atoms with Crippen molar-refractivity contribution < 1.29 is 0 Å². The summed E-state index contributed by atoms with van der Waals surface area (Å²) in [6.45, 7) is 0. The summed E-state index contributed by atoms with van der Waals surface area (Å²) < 4.78 is 9.82. The minimum absolute atomic E-state index is 0.547. The number of nitriles is 1. The predicted molar refractivity (Wildman–Crippen MR) is 303 cm³/mol. The molecule has 0 N–H and O–H groups in total. The molecule has 0 radical (unpaired) electrons. The molecule has 5 aromatic heterocycles. The molecule has 15 aromatic rings. The van der Waals surface area contributed by atoms with Gasteiger partial charge in [-0.15, -0.1) is 22.7 Å². The van der Waals surface area contributed by atoms with Crippen molar-refractivity contribution in [3.63, 3.8) is 0 Å². The second-order valence-corrected chi connectivity index (χ2v) is 20.4. The van der Waals surface area contributed by atoms with Gasteiger partial charge in [0.2, 0.25) is 0 Å². The largest absolute Gasteiger partial charge is 0.309 e. The number of aromatic nitrogens is 4.